The lowest BCUT2D eigenvalue weighted by atomic mass is 10.1. The van der Waals surface area contributed by atoms with Crippen molar-refractivity contribution in [3.05, 3.63) is 57.6 Å². The van der Waals surface area contributed by atoms with Crippen molar-refractivity contribution in [2.24, 2.45) is 0 Å². The van der Waals surface area contributed by atoms with Crippen molar-refractivity contribution in [1.29, 1.82) is 0 Å². The summed E-state index contributed by atoms with van der Waals surface area (Å²) in [6.07, 6.45) is 0. The van der Waals surface area contributed by atoms with Crippen LogP contribution in [0.15, 0.2) is 46.9 Å². The highest BCUT2D eigenvalue weighted by Crippen LogP contribution is 2.28. The Kier molecular flexibility index (Phi) is 4.86. The van der Waals surface area contributed by atoms with Crippen molar-refractivity contribution in [3.63, 3.8) is 0 Å². The fourth-order valence-corrected chi connectivity index (χ4v) is 2.99. The first kappa shape index (κ1) is 16.5. The second kappa shape index (κ2) is 7.06. The van der Waals surface area contributed by atoms with Gasteiger partial charge in [0.15, 0.2) is 0 Å². The van der Waals surface area contributed by atoms with E-state index in [9.17, 15) is 9.18 Å². The van der Waals surface area contributed by atoms with Gasteiger partial charge in [-0.2, -0.15) is 0 Å². The molecular weight excluding hydrogens is 397 g/mol. The molecule has 122 valence electrons. The molecule has 0 unspecified atom stereocenters. The maximum Gasteiger partial charge on any atom is 0.269 e. The van der Waals surface area contributed by atoms with Crippen LogP contribution in [-0.4, -0.2) is 22.6 Å². The number of rotatable bonds is 4. The van der Waals surface area contributed by atoms with Crippen LogP contribution in [0.3, 0.4) is 0 Å². The number of halogens is 2. The van der Waals surface area contributed by atoms with Gasteiger partial charge in [-0.3, -0.25) is 4.79 Å². The van der Waals surface area contributed by atoms with Crippen molar-refractivity contribution in [1.82, 2.24) is 9.59 Å². The molecule has 3 rings (SSSR count). The van der Waals surface area contributed by atoms with Gasteiger partial charge in [0.2, 0.25) is 0 Å². The van der Waals surface area contributed by atoms with Crippen LogP contribution in [0, 0.1) is 5.82 Å². The van der Waals surface area contributed by atoms with E-state index < -0.39 is 11.7 Å². The van der Waals surface area contributed by atoms with Gasteiger partial charge in [-0.1, -0.05) is 32.6 Å². The Morgan fingerprint density at radius 2 is 2.12 bits per heavy atom. The number of aromatic nitrogens is 2. The molecule has 0 bridgehead atoms. The van der Waals surface area contributed by atoms with E-state index in [0.29, 0.717) is 26.4 Å². The molecule has 1 aromatic heterocycles. The number of methoxy groups -OCH3 is 1. The van der Waals surface area contributed by atoms with E-state index in [1.165, 1.54) is 12.1 Å². The van der Waals surface area contributed by atoms with Crippen molar-refractivity contribution >= 4 is 39.1 Å². The standard InChI is InChI=1S/C16H11BrFN3O2S/c1-23-11-4-2-3-9(7-11)14-15(24-21-20-14)16(22)19-13-6-5-10(17)8-12(13)18/h2-8H,1H3,(H,19,22). The molecule has 0 saturated carbocycles. The quantitative estimate of drug-likeness (QED) is 0.697. The minimum Gasteiger partial charge on any atom is -0.497 e. The molecule has 0 aliphatic heterocycles. The Labute approximate surface area is 149 Å². The van der Waals surface area contributed by atoms with Gasteiger partial charge in [0.1, 0.15) is 22.1 Å². The van der Waals surface area contributed by atoms with Crippen LogP contribution in [0.1, 0.15) is 9.67 Å². The van der Waals surface area contributed by atoms with Crippen molar-refractivity contribution < 1.29 is 13.9 Å². The van der Waals surface area contributed by atoms with E-state index in [4.69, 9.17) is 4.74 Å². The largest absolute Gasteiger partial charge is 0.497 e. The highest BCUT2D eigenvalue weighted by molar-refractivity contribution is 9.10. The molecule has 0 radical (unpaired) electrons. The molecule has 5 nitrogen and oxygen atoms in total. The molecule has 2 aromatic carbocycles. The number of carbonyl (C=O) groups excluding carboxylic acids is 1. The molecule has 24 heavy (non-hydrogen) atoms. The van der Waals surface area contributed by atoms with Crippen molar-refractivity contribution in [2.45, 2.75) is 0 Å². The molecular formula is C16H11BrFN3O2S. The average Bonchev–Trinajstić information content (AvgIpc) is 3.07. The Bertz CT molecular complexity index is 901. The van der Waals surface area contributed by atoms with Gasteiger partial charge in [0.25, 0.3) is 5.91 Å². The smallest absolute Gasteiger partial charge is 0.269 e. The summed E-state index contributed by atoms with van der Waals surface area (Å²) in [5.41, 5.74) is 1.21. The highest BCUT2D eigenvalue weighted by Gasteiger charge is 2.19. The zero-order chi connectivity index (χ0) is 17.1. The van der Waals surface area contributed by atoms with Crippen LogP contribution < -0.4 is 10.1 Å². The number of nitrogens with zero attached hydrogens (tertiary/aromatic N) is 2. The van der Waals surface area contributed by atoms with Gasteiger partial charge < -0.3 is 10.1 Å². The second-order valence-corrected chi connectivity index (χ2v) is 6.43. The first-order valence-corrected chi connectivity index (χ1v) is 8.38. The molecule has 3 aromatic rings. The molecule has 1 amide bonds. The summed E-state index contributed by atoms with van der Waals surface area (Å²) in [4.78, 5) is 12.8. The van der Waals surface area contributed by atoms with Crippen molar-refractivity contribution in [3.8, 4) is 17.0 Å². The van der Waals surface area contributed by atoms with E-state index in [2.05, 4.69) is 30.8 Å². The van der Waals surface area contributed by atoms with Gasteiger partial charge in [-0.15, -0.1) is 5.10 Å². The van der Waals surface area contributed by atoms with E-state index in [1.54, 1.807) is 37.4 Å². The van der Waals surface area contributed by atoms with Crippen LogP contribution in [0.5, 0.6) is 5.75 Å². The molecule has 0 saturated heterocycles. The predicted molar refractivity (Wildman–Crippen MR) is 94.0 cm³/mol. The second-order valence-electron chi connectivity index (χ2n) is 4.76. The van der Waals surface area contributed by atoms with Gasteiger partial charge in [-0.05, 0) is 41.9 Å². The Morgan fingerprint density at radius 3 is 2.88 bits per heavy atom. The number of benzene rings is 2. The first-order chi connectivity index (χ1) is 11.6. The topological polar surface area (TPSA) is 64.1 Å². The molecule has 0 fully saturated rings. The van der Waals surface area contributed by atoms with E-state index in [1.807, 2.05) is 0 Å². The lowest BCUT2D eigenvalue weighted by Crippen LogP contribution is -2.12. The van der Waals surface area contributed by atoms with Crippen LogP contribution in [0.25, 0.3) is 11.3 Å². The Morgan fingerprint density at radius 1 is 1.29 bits per heavy atom. The summed E-state index contributed by atoms with van der Waals surface area (Å²) < 4.78 is 23.5. The number of nitrogens with one attached hydrogen (secondary N) is 1. The third kappa shape index (κ3) is 3.44. The normalized spacial score (nSPS) is 10.5. The zero-order valence-electron chi connectivity index (χ0n) is 12.4. The van der Waals surface area contributed by atoms with E-state index in [0.717, 1.165) is 11.5 Å². The Balaban J connectivity index is 1.90. The monoisotopic (exact) mass is 407 g/mol. The number of ether oxygens (including phenoxy) is 1. The summed E-state index contributed by atoms with van der Waals surface area (Å²) in [5, 5.41) is 6.55. The molecule has 0 aliphatic rings. The highest BCUT2D eigenvalue weighted by atomic mass is 79.9. The summed E-state index contributed by atoms with van der Waals surface area (Å²) >= 11 is 4.12. The van der Waals surface area contributed by atoms with Crippen LogP contribution >= 0.6 is 27.5 Å². The van der Waals surface area contributed by atoms with Gasteiger partial charge in [0.05, 0.1) is 12.8 Å². The molecule has 8 heteroatoms. The number of amides is 1. The summed E-state index contributed by atoms with van der Waals surface area (Å²) in [7, 11) is 1.56. The summed E-state index contributed by atoms with van der Waals surface area (Å²) in [6.45, 7) is 0. The maximum atomic E-state index is 13.9. The van der Waals surface area contributed by atoms with Crippen LogP contribution in [0.2, 0.25) is 0 Å². The Hall–Kier alpha value is -2.32. The average molecular weight is 408 g/mol. The SMILES string of the molecule is COc1cccc(-c2nnsc2C(=O)Nc2ccc(Br)cc2F)c1. The summed E-state index contributed by atoms with van der Waals surface area (Å²) in [5.74, 6) is -0.354. The fourth-order valence-electron chi connectivity index (χ4n) is 2.07. The molecule has 0 spiro atoms. The van der Waals surface area contributed by atoms with Gasteiger partial charge >= 0.3 is 0 Å². The minimum atomic E-state index is -0.530. The molecule has 1 heterocycles. The number of carbonyl (C=O) groups is 1. The number of hydrogen-bond donors (Lipinski definition) is 1. The first-order valence-electron chi connectivity index (χ1n) is 6.81. The van der Waals surface area contributed by atoms with E-state index in [-0.39, 0.29) is 5.69 Å². The van der Waals surface area contributed by atoms with Crippen LogP contribution in [-0.2, 0) is 0 Å². The third-order valence-corrected chi connectivity index (χ3v) is 4.43. The van der Waals surface area contributed by atoms with Crippen molar-refractivity contribution in [2.75, 3.05) is 12.4 Å². The molecule has 1 N–H and O–H groups in total. The predicted octanol–water partition coefficient (Wildman–Crippen LogP) is 4.37. The zero-order valence-corrected chi connectivity index (χ0v) is 14.8. The lowest BCUT2D eigenvalue weighted by molar-refractivity contribution is 0.103. The third-order valence-electron chi connectivity index (χ3n) is 3.22. The number of anilines is 1. The van der Waals surface area contributed by atoms with Gasteiger partial charge in [0, 0.05) is 10.0 Å². The van der Waals surface area contributed by atoms with Crippen LogP contribution in [0.4, 0.5) is 10.1 Å². The minimum absolute atomic E-state index is 0.0909. The molecule has 0 atom stereocenters. The number of hydrogen-bond acceptors (Lipinski definition) is 5. The lowest BCUT2D eigenvalue weighted by Gasteiger charge is -2.07. The molecule has 0 aliphatic carbocycles. The summed E-state index contributed by atoms with van der Waals surface area (Å²) in [6, 6.07) is 11.6. The van der Waals surface area contributed by atoms with E-state index >= 15 is 0 Å². The fraction of sp³-hybridized carbons (Fsp3) is 0.0625. The van der Waals surface area contributed by atoms with Gasteiger partial charge in [-0.25, -0.2) is 4.39 Å². The maximum absolute atomic E-state index is 13.9.